The minimum Gasteiger partial charge on any atom is -0.493 e. The maximum Gasteiger partial charge on any atom is 0.408 e. The average Bonchev–Trinajstić information content (AvgIpc) is 3.05. The Morgan fingerprint density at radius 2 is 1.82 bits per heavy atom. The molecule has 0 aliphatic carbocycles. The topological polar surface area (TPSA) is 99.9 Å². The highest BCUT2D eigenvalue weighted by Gasteiger charge is 2.28. The van der Waals surface area contributed by atoms with Crippen LogP contribution in [0.4, 0.5) is 9.18 Å². The van der Waals surface area contributed by atoms with Gasteiger partial charge in [-0.3, -0.25) is 4.79 Å². The summed E-state index contributed by atoms with van der Waals surface area (Å²) in [5.41, 5.74) is -0.652. The van der Waals surface area contributed by atoms with Crippen molar-refractivity contribution >= 4 is 12.1 Å². The maximum atomic E-state index is 13.5. The predicted octanol–water partition coefficient (Wildman–Crippen LogP) is 4.05. The summed E-state index contributed by atoms with van der Waals surface area (Å²) in [6, 6.07) is 3.00. The molecule has 1 aromatic carbocycles. The van der Waals surface area contributed by atoms with Gasteiger partial charge in [0.05, 0.1) is 14.2 Å². The summed E-state index contributed by atoms with van der Waals surface area (Å²) in [5.74, 6) is 0.669. The molecule has 0 bridgehead atoms. The fourth-order valence-electron chi connectivity index (χ4n) is 2.39. The first-order chi connectivity index (χ1) is 13.1. The van der Waals surface area contributed by atoms with Crippen LogP contribution in [0.3, 0.4) is 0 Å². The standard InChI is InChI=1S/C19H23FN2O6/c1-10(27-18(24)22-19(2,3)4)15-14(16(20)23)21-17(28-15)11-7-8-12(25-5)13(9-11)26-6/h7-10H,1-6H3,(H,22,24)/t10-/m0/s1. The van der Waals surface area contributed by atoms with Gasteiger partial charge in [-0.1, -0.05) is 0 Å². The number of benzene rings is 1. The van der Waals surface area contributed by atoms with E-state index in [2.05, 4.69) is 10.3 Å². The molecule has 0 radical (unpaired) electrons. The molecule has 0 saturated carbocycles. The Kier molecular flexibility index (Phi) is 6.27. The lowest BCUT2D eigenvalue weighted by atomic mass is 10.1. The average molecular weight is 394 g/mol. The zero-order chi connectivity index (χ0) is 21.1. The summed E-state index contributed by atoms with van der Waals surface area (Å²) in [4.78, 5) is 27.2. The van der Waals surface area contributed by atoms with Crippen LogP contribution in [0.25, 0.3) is 11.5 Å². The van der Waals surface area contributed by atoms with Gasteiger partial charge in [0, 0.05) is 11.1 Å². The molecule has 0 spiro atoms. The van der Waals surface area contributed by atoms with E-state index in [-0.39, 0.29) is 11.7 Å². The first-order valence-corrected chi connectivity index (χ1v) is 8.47. The number of methoxy groups -OCH3 is 2. The number of carbonyl (C=O) groups excluding carboxylic acids is 2. The SMILES string of the molecule is COc1ccc(-c2nc(C(=O)F)c([C@H](C)OC(=O)NC(C)(C)C)o2)cc1OC. The predicted molar refractivity (Wildman–Crippen MR) is 98.3 cm³/mol. The minimum atomic E-state index is -1.79. The third-order valence-electron chi connectivity index (χ3n) is 3.60. The highest BCUT2D eigenvalue weighted by atomic mass is 19.1. The number of nitrogens with zero attached hydrogens (tertiary/aromatic N) is 1. The minimum absolute atomic E-state index is 0.0244. The van der Waals surface area contributed by atoms with E-state index < -0.39 is 29.5 Å². The number of carbonyl (C=O) groups is 2. The number of oxazole rings is 1. The van der Waals surface area contributed by atoms with Gasteiger partial charge in [-0.15, -0.1) is 0 Å². The van der Waals surface area contributed by atoms with Gasteiger partial charge in [0.2, 0.25) is 5.89 Å². The van der Waals surface area contributed by atoms with Gasteiger partial charge in [0.15, 0.2) is 29.1 Å². The van der Waals surface area contributed by atoms with Crippen molar-refractivity contribution in [3.05, 3.63) is 29.7 Å². The normalized spacial score (nSPS) is 12.2. The van der Waals surface area contributed by atoms with Crippen LogP contribution < -0.4 is 14.8 Å². The second kappa shape index (κ2) is 8.28. The molecule has 0 unspecified atom stereocenters. The number of alkyl carbamates (subject to hydrolysis) is 1. The summed E-state index contributed by atoms with van der Waals surface area (Å²) in [7, 11) is 2.95. The van der Waals surface area contributed by atoms with Crippen molar-refractivity contribution in [2.75, 3.05) is 14.2 Å². The fraction of sp³-hybridized carbons (Fsp3) is 0.421. The van der Waals surface area contributed by atoms with Crippen LogP contribution in [0.5, 0.6) is 11.5 Å². The van der Waals surface area contributed by atoms with Crippen LogP contribution in [0.1, 0.15) is 50.0 Å². The zero-order valence-corrected chi connectivity index (χ0v) is 16.6. The molecule has 2 aromatic rings. The molecule has 2 rings (SSSR count). The molecule has 1 N–H and O–H groups in total. The summed E-state index contributed by atoms with van der Waals surface area (Å²) in [6.45, 7) is 6.78. The third-order valence-corrected chi connectivity index (χ3v) is 3.60. The molecular weight excluding hydrogens is 371 g/mol. The number of amides is 1. The highest BCUT2D eigenvalue weighted by molar-refractivity contribution is 5.88. The lowest BCUT2D eigenvalue weighted by Crippen LogP contribution is -2.41. The zero-order valence-electron chi connectivity index (χ0n) is 16.6. The molecule has 9 heteroatoms. The second-order valence-corrected chi connectivity index (χ2v) is 7.00. The summed E-state index contributed by atoms with van der Waals surface area (Å²) < 4.78 is 34.6. The van der Waals surface area contributed by atoms with Crippen LogP contribution >= 0.6 is 0 Å². The van der Waals surface area contributed by atoms with Gasteiger partial charge in [-0.25, -0.2) is 9.78 Å². The Bertz CT molecular complexity index is 872. The summed E-state index contributed by atoms with van der Waals surface area (Å²) in [6.07, 6.45) is -1.78. The van der Waals surface area contributed by atoms with Crippen molar-refractivity contribution < 1.29 is 32.6 Å². The number of nitrogens with one attached hydrogen (secondary N) is 1. The van der Waals surface area contributed by atoms with Crippen molar-refractivity contribution in [3.63, 3.8) is 0 Å². The van der Waals surface area contributed by atoms with E-state index in [1.54, 1.807) is 39.0 Å². The van der Waals surface area contributed by atoms with E-state index in [1.807, 2.05) is 0 Å². The number of hydrogen-bond acceptors (Lipinski definition) is 7. The van der Waals surface area contributed by atoms with E-state index in [0.717, 1.165) is 0 Å². The van der Waals surface area contributed by atoms with Gasteiger partial charge < -0.3 is 23.9 Å². The Labute approximate surface area is 162 Å². The van der Waals surface area contributed by atoms with Gasteiger partial charge in [-0.05, 0) is 45.9 Å². The van der Waals surface area contributed by atoms with Crippen LogP contribution in [0, 0.1) is 0 Å². The Morgan fingerprint density at radius 1 is 1.18 bits per heavy atom. The van der Waals surface area contributed by atoms with Crippen LogP contribution in [0.2, 0.25) is 0 Å². The number of ether oxygens (including phenoxy) is 3. The van der Waals surface area contributed by atoms with Gasteiger partial charge in [0.1, 0.15) is 0 Å². The maximum absolute atomic E-state index is 13.5. The van der Waals surface area contributed by atoms with E-state index >= 15 is 0 Å². The van der Waals surface area contributed by atoms with Gasteiger partial charge >= 0.3 is 12.1 Å². The molecule has 1 amide bonds. The molecule has 0 saturated heterocycles. The molecule has 1 atom stereocenters. The van der Waals surface area contributed by atoms with Gasteiger partial charge in [-0.2, -0.15) is 4.39 Å². The molecule has 0 aliphatic rings. The van der Waals surface area contributed by atoms with Crippen LogP contribution in [-0.4, -0.2) is 36.9 Å². The first kappa shape index (κ1) is 21.2. The Balaban J connectivity index is 2.36. The summed E-state index contributed by atoms with van der Waals surface area (Å²) >= 11 is 0. The molecule has 0 fully saturated rings. The molecule has 1 aromatic heterocycles. The molecule has 0 aliphatic heterocycles. The van der Waals surface area contributed by atoms with Crippen LogP contribution in [-0.2, 0) is 4.74 Å². The van der Waals surface area contributed by atoms with E-state index in [0.29, 0.717) is 17.1 Å². The number of halogens is 1. The molecular formula is C19H23FN2O6. The molecule has 8 nitrogen and oxygen atoms in total. The monoisotopic (exact) mass is 394 g/mol. The van der Waals surface area contributed by atoms with E-state index in [4.69, 9.17) is 18.6 Å². The van der Waals surface area contributed by atoms with Crippen LogP contribution in [0.15, 0.2) is 22.6 Å². The van der Waals surface area contributed by atoms with E-state index in [9.17, 15) is 14.0 Å². The number of rotatable bonds is 6. The third kappa shape index (κ3) is 4.99. The second-order valence-electron chi connectivity index (χ2n) is 7.00. The Morgan fingerprint density at radius 3 is 2.36 bits per heavy atom. The van der Waals surface area contributed by atoms with Crippen molar-refractivity contribution in [3.8, 4) is 23.0 Å². The molecule has 1 heterocycles. The lowest BCUT2D eigenvalue weighted by molar-refractivity contribution is 0.0777. The van der Waals surface area contributed by atoms with Crippen molar-refractivity contribution in [2.24, 2.45) is 0 Å². The highest BCUT2D eigenvalue weighted by Crippen LogP contribution is 2.34. The summed E-state index contributed by atoms with van der Waals surface area (Å²) in [5, 5.41) is 2.60. The molecule has 152 valence electrons. The van der Waals surface area contributed by atoms with Crippen molar-refractivity contribution in [1.82, 2.24) is 10.3 Å². The fourth-order valence-corrected chi connectivity index (χ4v) is 2.39. The van der Waals surface area contributed by atoms with Crippen molar-refractivity contribution in [1.29, 1.82) is 0 Å². The smallest absolute Gasteiger partial charge is 0.408 e. The number of hydrogen-bond donors (Lipinski definition) is 1. The quantitative estimate of drug-likeness (QED) is 0.738. The largest absolute Gasteiger partial charge is 0.493 e. The molecule has 28 heavy (non-hydrogen) atoms. The lowest BCUT2D eigenvalue weighted by Gasteiger charge is -2.21. The van der Waals surface area contributed by atoms with E-state index in [1.165, 1.54) is 21.1 Å². The Hall–Kier alpha value is -3.10. The number of aromatic nitrogens is 1. The first-order valence-electron chi connectivity index (χ1n) is 8.47. The van der Waals surface area contributed by atoms with Gasteiger partial charge in [0.25, 0.3) is 0 Å². The van der Waals surface area contributed by atoms with Crippen molar-refractivity contribution in [2.45, 2.75) is 39.3 Å².